The van der Waals surface area contributed by atoms with Crippen LogP contribution in [0, 0.1) is 11.6 Å². The molecule has 0 unspecified atom stereocenters. The normalized spacial score (nSPS) is 23.8. The zero-order valence-electron chi connectivity index (χ0n) is 13.6. The summed E-state index contributed by atoms with van der Waals surface area (Å²) >= 11 is 0. The van der Waals surface area contributed by atoms with Gasteiger partial charge in [0, 0.05) is 18.7 Å². The molecule has 0 saturated carbocycles. The molecule has 7 nitrogen and oxygen atoms in total. The Labute approximate surface area is 142 Å². The lowest BCUT2D eigenvalue weighted by Gasteiger charge is -2.28. The van der Waals surface area contributed by atoms with Crippen LogP contribution in [0.1, 0.15) is 12.5 Å². The van der Waals surface area contributed by atoms with E-state index < -0.39 is 41.6 Å². The number of nitrogens with one attached hydrogen (secondary N) is 1. The van der Waals surface area contributed by atoms with E-state index in [1.807, 2.05) is 0 Å². The van der Waals surface area contributed by atoms with E-state index in [0.29, 0.717) is 26.3 Å². The molecular formula is C16H17F2N3O4. The van der Waals surface area contributed by atoms with Crippen LogP contribution in [0.3, 0.4) is 0 Å². The fourth-order valence-corrected chi connectivity index (χ4v) is 2.95. The molecule has 2 heterocycles. The SMILES string of the molecule is C[C@]1(c2cc(F)ccc2F)NC(=O)N(CC(=O)N2CCOCC2)C1=O. The zero-order valence-corrected chi connectivity index (χ0v) is 13.6. The summed E-state index contributed by atoms with van der Waals surface area (Å²) in [4.78, 5) is 39.3. The average Bonchev–Trinajstić information content (AvgIpc) is 2.81. The number of ether oxygens (including phenoxy) is 1. The Bertz CT molecular complexity index is 736. The summed E-state index contributed by atoms with van der Waals surface area (Å²) in [7, 11) is 0. The summed E-state index contributed by atoms with van der Waals surface area (Å²) in [5.74, 6) is -2.76. The van der Waals surface area contributed by atoms with Crippen molar-refractivity contribution in [1.82, 2.24) is 15.1 Å². The Kier molecular flexibility index (Phi) is 4.42. The third-order valence-electron chi connectivity index (χ3n) is 4.40. The first-order valence-electron chi connectivity index (χ1n) is 7.78. The quantitative estimate of drug-likeness (QED) is 0.807. The highest BCUT2D eigenvalue weighted by molar-refractivity contribution is 6.09. The second-order valence-corrected chi connectivity index (χ2v) is 6.06. The Morgan fingerprint density at radius 2 is 1.96 bits per heavy atom. The number of carbonyl (C=O) groups excluding carboxylic acids is 3. The van der Waals surface area contributed by atoms with Gasteiger partial charge in [-0.2, -0.15) is 0 Å². The maximum absolute atomic E-state index is 14.1. The Balaban J connectivity index is 1.82. The van der Waals surface area contributed by atoms with E-state index in [9.17, 15) is 23.2 Å². The van der Waals surface area contributed by atoms with Crippen molar-refractivity contribution in [2.75, 3.05) is 32.8 Å². The van der Waals surface area contributed by atoms with Crippen molar-refractivity contribution >= 4 is 17.8 Å². The van der Waals surface area contributed by atoms with Gasteiger partial charge in [0.25, 0.3) is 5.91 Å². The highest BCUT2D eigenvalue weighted by atomic mass is 19.1. The van der Waals surface area contributed by atoms with Crippen LogP contribution in [0.5, 0.6) is 0 Å². The lowest BCUT2D eigenvalue weighted by molar-refractivity contribution is -0.141. The third kappa shape index (κ3) is 3.07. The zero-order chi connectivity index (χ0) is 18.2. The van der Waals surface area contributed by atoms with Gasteiger partial charge >= 0.3 is 6.03 Å². The highest BCUT2D eigenvalue weighted by Crippen LogP contribution is 2.31. The van der Waals surface area contributed by atoms with E-state index in [-0.39, 0.29) is 5.56 Å². The summed E-state index contributed by atoms with van der Waals surface area (Å²) in [6.07, 6.45) is 0. The van der Waals surface area contributed by atoms with Crippen molar-refractivity contribution in [3.05, 3.63) is 35.4 Å². The standard InChI is InChI=1S/C16H17F2N3O4/c1-16(11-8-10(17)2-3-12(11)18)14(23)21(15(24)19-16)9-13(22)20-4-6-25-7-5-20/h2-3,8H,4-7,9H2,1H3,(H,19,24)/t16-/m1/s1. The number of rotatable bonds is 3. The van der Waals surface area contributed by atoms with E-state index in [2.05, 4.69) is 5.32 Å². The number of urea groups is 1. The third-order valence-corrected chi connectivity index (χ3v) is 4.40. The molecule has 2 fully saturated rings. The Morgan fingerprint density at radius 1 is 1.28 bits per heavy atom. The van der Waals surface area contributed by atoms with Gasteiger partial charge in [-0.3, -0.25) is 14.5 Å². The molecule has 0 radical (unpaired) electrons. The second-order valence-electron chi connectivity index (χ2n) is 6.06. The summed E-state index contributed by atoms with van der Waals surface area (Å²) in [6.45, 7) is 2.34. The first-order chi connectivity index (χ1) is 11.8. The molecule has 25 heavy (non-hydrogen) atoms. The van der Waals surface area contributed by atoms with E-state index in [0.717, 1.165) is 23.1 Å². The minimum atomic E-state index is -1.77. The number of imide groups is 1. The van der Waals surface area contributed by atoms with Gasteiger partial charge < -0.3 is 15.0 Å². The van der Waals surface area contributed by atoms with E-state index >= 15 is 0 Å². The smallest absolute Gasteiger partial charge is 0.325 e. The van der Waals surface area contributed by atoms with Gasteiger partial charge in [0.1, 0.15) is 23.7 Å². The minimum Gasteiger partial charge on any atom is -0.378 e. The van der Waals surface area contributed by atoms with Crippen LogP contribution < -0.4 is 5.32 Å². The molecule has 1 N–H and O–H groups in total. The molecule has 2 aliphatic heterocycles. The van der Waals surface area contributed by atoms with Crippen molar-refractivity contribution in [2.45, 2.75) is 12.5 Å². The lowest BCUT2D eigenvalue weighted by Crippen LogP contribution is -2.48. The van der Waals surface area contributed by atoms with Crippen LogP contribution in [0.2, 0.25) is 0 Å². The van der Waals surface area contributed by atoms with Gasteiger partial charge in [-0.05, 0) is 25.1 Å². The number of amides is 4. The van der Waals surface area contributed by atoms with Crippen LogP contribution >= 0.6 is 0 Å². The number of benzene rings is 1. The molecule has 3 rings (SSSR count). The molecule has 4 amide bonds. The predicted molar refractivity (Wildman–Crippen MR) is 81.4 cm³/mol. The molecule has 1 aromatic carbocycles. The van der Waals surface area contributed by atoms with Crippen LogP contribution in [0.4, 0.5) is 13.6 Å². The van der Waals surface area contributed by atoms with Gasteiger partial charge in [0.15, 0.2) is 0 Å². The first kappa shape index (κ1) is 17.3. The Hall–Kier alpha value is -2.55. The molecule has 0 spiro atoms. The second kappa shape index (κ2) is 6.40. The number of morpholine rings is 1. The van der Waals surface area contributed by atoms with Crippen LogP contribution in [-0.4, -0.2) is 60.5 Å². The molecular weight excluding hydrogens is 336 g/mol. The van der Waals surface area contributed by atoms with Crippen LogP contribution in [-0.2, 0) is 19.9 Å². The molecule has 0 aromatic heterocycles. The molecule has 9 heteroatoms. The summed E-state index contributed by atoms with van der Waals surface area (Å²) in [5.41, 5.74) is -2.05. The number of hydrogen-bond acceptors (Lipinski definition) is 4. The number of hydrogen-bond donors (Lipinski definition) is 1. The summed E-state index contributed by atoms with van der Waals surface area (Å²) < 4.78 is 32.7. The van der Waals surface area contributed by atoms with Gasteiger partial charge in [0.05, 0.1) is 13.2 Å². The van der Waals surface area contributed by atoms with Crippen molar-refractivity contribution in [3.63, 3.8) is 0 Å². The van der Waals surface area contributed by atoms with E-state index in [4.69, 9.17) is 4.74 Å². The minimum absolute atomic E-state index is 0.285. The van der Waals surface area contributed by atoms with E-state index in [1.165, 1.54) is 11.8 Å². The van der Waals surface area contributed by atoms with Crippen molar-refractivity contribution in [1.29, 1.82) is 0 Å². The van der Waals surface area contributed by atoms with E-state index in [1.54, 1.807) is 0 Å². The largest absolute Gasteiger partial charge is 0.378 e. The molecule has 1 aromatic rings. The van der Waals surface area contributed by atoms with Gasteiger partial charge in [-0.25, -0.2) is 13.6 Å². The van der Waals surface area contributed by atoms with Gasteiger partial charge in [-0.15, -0.1) is 0 Å². The number of nitrogens with zero attached hydrogens (tertiary/aromatic N) is 2. The monoisotopic (exact) mass is 353 g/mol. The molecule has 134 valence electrons. The molecule has 2 saturated heterocycles. The number of carbonyl (C=O) groups is 3. The molecule has 0 aliphatic carbocycles. The predicted octanol–water partition coefficient (Wildman–Crippen LogP) is 0.591. The Morgan fingerprint density at radius 3 is 2.64 bits per heavy atom. The number of halogens is 2. The summed E-state index contributed by atoms with van der Waals surface area (Å²) in [6, 6.07) is 1.85. The van der Waals surface area contributed by atoms with Crippen molar-refractivity contribution in [2.24, 2.45) is 0 Å². The lowest BCUT2D eigenvalue weighted by atomic mass is 9.91. The van der Waals surface area contributed by atoms with Crippen LogP contribution in [0.25, 0.3) is 0 Å². The van der Waals surface area contributed by atoms with Crippen molar-refractivity contribution in [3.8, 4) is 0 Å². The maximum Gasteiger partial charge on any atom is 0.325 e. The fraction of sp³-hybridized carbons (Fsp3) is 0.438. The van der Waals surface area contributed by atoms with Gasteiger partial charge in [-0.1, -0.05) is 0 Å². The fourth-order valence-electron chi connectivity index (χ4n) is 2.95. The van der Waals surface area contributed by atoms with Crippen molar-refractivity contribution < 1.29 is 27.9 Å². The maximum atomic E-state index is 14.1. The first-order valence-corrected chi connectivity index (χ1v) is 7.78. The summed E-state index contributed by atoms with van der Waals surface area (Å²) in [5, 5.41) is 2.36. The topological polar surface area (TPSA) is 79.0 Å². The van der Waals surface area contributed by atoms with Gasteiger partial charge in [0.2, 0.25) is 5.91 Å². The highest BCUT2D eigenvalue weighted by Gasteiger charge is 2.51. The average molecular weight is 353 g/mol. The molecule has 0 bridgehead atoms. The molecule has 2 aliphatic rings. The molecule has 1 atom stereocenters. The van der Waals surface area contributed by atoms with Crippen LogP contribution in [0.15, 0.2) is 18.2 Å².